The van der Waals surface area contributed by atoms with Crippen LogP contribution in [0.25, 0.3) is 16.2 Å². The van der Waals surface area contributed by atoms with Gasteiger partial charge in [0, 0.05) is 56.3 Å². The number of nitrogens with one attached hydrogen (secondary N) is 1. The molecule has 1 saturated heterocycles. The van der Waals surface area contributed by atoms with Gasteiger partial charge in [-0.2, -0.15) is 4.37 Å². The third-order valence-electron chi connectivity index (χ3n) is 7.68. The van der Waals surface area contributed by atoms with Gasteiger partial charge in [0.15, 0.2) is 0 Å². The summed E-state index contributed by atoms with van der Waals surface area (Å²) < 4.78 is 11.4. The Morgan fingerprint density at radius 2 is 1.81 bits per heavy atom. The molecule has 1 aromatic heterocycles. The van der Waals surface area contributed by atoms with E-state index in [2.05, 4.69) is 39.4 Å². The van der Waals surface area contributed by atoms with Crippen LogP contribution in [0.3, 0.4) is 0 Å². The lowest BCUT2D eigenvalue weighted by Crippen LogP contribution is -2.49. The lowest BCUT2D eigenvalue weighted by molar-refractivity contribution is -0.116. The largest absolute Gasteiger partial charge is 0.496 e. The molecule has 6 nitrogen and oxygen atoms in total. The molecular weight excluding hydrogens is 468 g/mol. The van der Waals surface area contributed by atoms with Gasteiger partial charge in [0.2, 0.25) is 5.91 Å². The first-order valence-corrected chi connectivity index (χ1v) is 13.9. The number of aromatic nitrogens is 1. The van der Waals surface area contributed by atoms with E-state index in [0.717, 1.165) is 56.4 Å². The molecule has 1 amide bonds. The van der Waals surface area contributed by atoms with Gasteiger partial charge in [-0.1, -0.05) is 43.2 Å². The molecule has 5 rings (SSSR count). The number of nitrogens with zero attached hydrogens (tertiary/aromatic N) is 3. The van der Waals surface area contributed by atoms with Gasteiger partial charge < -0.3 is 15.0 Å². The van der Waals surface area contributed by atoms with Crippen molar-refractivity contribution in [2.75, 3.05) is 51.3 Å². The highest BCUT2D eigenvalue weighted by Crippen LogP contribution is 2.32. The standard InChI is InChI=1S/C29H36N4O2S/c1-35-26-12-6-4-8-22(26)14-15-28(34)30-20-23-9-2-3-10-24(23)21-32-16-18-33(19-17-32)29-25-11-5-7-13-27(25)36-31-29/h4-8,11-15,23-24H,2-3,9-10,16-21H2,1H3,(H,30,34)/t23-,24+/m0/s1. The second kappa shape index (κ2) is 11.9. The van der Waals surface area contributed by atoms with Crippen molar-refractivity contribution in [3.8, 4) is 5.75 Å². The Kier molecular flexibility index (Phi) is 8.18. The predicted molar refractivity (Wildman–Crippen MR) is 149 cm³/mol. The summed E-state index contributed by atoms with van der Waals surface area (Å²) in [6.07, 6.45) is 8.47. The summed E-state index contributed by atoms with van der Waals surface area (Å²) in [5.41, 5.74) is 0.912. The third kappa shape index (κ3) is 5.90. The monoisotopic (exact) mass is 504 g/mol. The van der Waals surface area contributed by atoms with Crippen molar-refractivity contribution >= 4 is 39.4 Å². The maximum Gasteiger partial charge on any atom is 0.244 e. The fourth-order valence-corrected chi connectivity index (χ4v) is 6.42. The number of carbonyl (C=O) groups excluding carboxylic acids is 1. The van der Waals surface area contributed by atoms with Crippen LogP contribution in [0, 0.1) is 11.8 Å². The number of benzene rings is 2. The SMILES string of the molecule is COc1ccccc1C=CC(=O)NC[C@@H]1CCCC[C@@H]1CN1CCN(c2nsc3ccccc23)CC1. The Labute approximate surface area is 218 Å². The van der Waals surface area contributed by atoms with Crippen LogP contribution in [-0.2, 0) is 4.79 Å². The van der Waals surface area contributed by atoms with Crippen LogP contribution in [0.15, 0.2) is 54.6 Å². The molecule has 2 heterocycles. The minimum atomic E-state index is -0.0330. The first-order valence-electron chi connectivity index (χ1n) is 13.1. The molecule has 1 aliphatic heterocycles. The van der Waals surface area contributed by atoms with Crippen molar-refractivity contribution in [2.24, 2.45) is 11.8 Å². The van der Waals surface area contributed by atoms with Gasteiger partial charge in [-0.05, 0) is 60.5 Å². The smallest absolute Gasteiger partial charge is 0.244 e. The number of methoxy groups -OCH3 is 1. The highest BCUT2D eigenvalue weighted by Gasteiger charge is 2.29. The molecule has 0 bridgehead atoms. The lowest BCUT2D eigenvalue weighted by atomic mass is 9.78. The minimum Gasteiger partial charge on any atom is -0.496 e. The molecule has 2 aromatic carbocycles. The Morgan fingerprint density at radius 3 is 2.64 bits per heavy atom. The van der Waals surface area contributed by atoms with Gasteiger partial charge >= 0.3 is 0 Å². The molecule has 0 spiro atoms. The summed E-state index contributed by atoms with van der Waals surface area (Å²) in [5.74, 6) is 3.08. The molecule has 7 heteroatoms. The number of rotatable bonds is 8. The van der Waals surface area contributed by atoms with Crippen molar-refractivity contribution in [3.05, 3.63) is 60.2 Å². The summed E-state index contributed by atoms with van der Waals surface area (Å²) in [7, 11) is 1.65. The quantitative estimate of drug-likeness (QED) is 0.435. The van der Waals surface area contributed by atoms with Crippen molar-refractivity contribution < 1.29 is 9.53 Å². The van der Waals surface area contributed by atoms with E-state index in [4.69, 9.17) is 9.11 Å². The number of hydrogen-bond donors (Lipinski definition) is 1. The zero-order valence-corrected chi connectivity index (χ0v) is 21.9. The van der Waals surface area contributed by atoms with Gasteiger partial charge in [-0.15, -0.1) is 0 Å². The maximum absolute atomic E-state index is 12.5. The fourth-order valence-electron chi connectivity index (χ4n) is 5.63. The van der Waals surface area contributed by atoms with Gasteiger partial charge in [-0.3, -0.25) is 9.69 Å². The molecule has 1 saturated carbocycles. The highest BCUT2D eigenvalue weighted by atomic mass is 32.1. The molecule has 0 unspecified atom stereocenters. The highest BCUT2D eigenvalue weighted by molar-refractivity contribution is 7.13. The number of hydrogen-bond acceptors (Lipinski definition) is 6. The number of anilines is 1. The number of piperazine rings is 1. The van der Waals surface area contributed by atoms with E-state index in [1.807, 2.05) is 30.3 Å². The molecular formula is C29H36N4O2S. The van der Waals surface area contributed by atoms with E-state index < -0.39 is 0 Å². The van der Waals surface area contributed by atoms with E-state index in [1.54, 1.807) is 24.7 Å². The van der Waals surface area contributed by atoms with Crippen LogP contribution >= 0.6 is 11.5 Å². The molecule has 2 aliphatic rings. The summed E-state index contributed by atoms with van der Waals surface area (Å²) >= 11 is 1.60. The topological polar surface area (TPSA) is 57.7 Å². The first-order chi connectivity index (χ1) is 17.7. The second-order valence-corrected chi connectivity index (χ2v) is 10.7. The van der Waals surface area contributed by atoms with Crippen molar-refractivity contribution in [3.63, 3.8) is 0 Å². The van der Waals surface area contributed by atoms with E-state index >= 15 is 0 Å². The molecule has 36 heavy (non-hydrogen) atoms. The summed E-state index contributed by atoms with van der Waals surface area (Å²) in [6, 6.07) is 16.3. The van der Waals surface area contributed by atoms with E-state index in [9.17, 15) is 4.79 Å². The van der Waals surface area contributed by atoms with Crippen molar-refractivity contribution in [1.82, 2.24) is 14.6 Å². The summed E-state index contributed by atoms with van der Waals surface area (Å²) in [4.78, 5) is 17.6. The molecule has 1 aliphatic carbocycles. The van der Waals surface area contributed by atoms with Crippen LogP contribution in [0.2, 0.25) is 0 Å². The van der Waals surface area contributed by atoms with E-state index in [-0.39, 0.29) is 5.91 Å². The average molecular weight is 505 g/mol. The van der Waals surface area contributed by atoms with Crippen molar-refractivity contribution in [1.29, 1.82) is 0 Å². The summed E-state index contributed by atoms with van der Waals surface area (Å²) in [5, 5.41) is 4.45. The van der Waals surface area contributed by atoms with Gasteiger partial charge in [0.25, 0.3) is 0 Å². The Balaban J connectivity index is 1.11. The van der Waals surface area contributed by atoms with Crippen LogP contribution in [0.1, 0.15) is 31.2 Å². The van der Waals surface area contributed by atoms with Gasteiger partial charge in [0.1, 0.15) is 11.6 Å². The molecule has 2 atom stereocenters. The second-order valence-electron chi connectivity index (χ2n) is 9.92. The Bertz CT molecular complexity index is 1180. The molecule has 190 valence electrons. The zero-order chi connectivity index (χ0) is 24.7. The number of carbonyl (C=O) groups is 1. The van der Waals surface area contributed by atoms with E-state index in [1.165, 1.54) is 35.8 Å². The van der Waals surface area contributed by atoms with Crippen LogP contribution < -0.4 is 15.0 Å². The Hall–Kier alpha value is -2.90. The van der Waals surface area contributed by atoms with Gasteiger partial charge in [-0.25, -0.2) is 0 Å². The third-order valence-corrected chi connectivity index (χ3v) is 8.50. The van der Waals surface area contributed by atoms with Crippen LogP contribution in [-0.4, -0.2) is 61.6 Å². The minimum absolute atomic E-state index is 0.0330. The molecule has 2 fully saturated rings. The number of fused-ring (bicyclic) bond motifs is 1. The van der Waals surface area contributed by atoms with Crippen LogP contribution in [0.4, 0.5) is 5.82 Å². The molecule has 1 N–H and O–H groups in total. The first kappa shape index (κ1) is 24.8. The normalized spacial score (nSPS) is 21.2. The number of ether oxygens (including phenoxy) is 1. The van der Waals surface area contributed by atoms with Crippen molar-refractivity contribution in [2.45, 2.75) is 25.7 Å². The lowest BCUT2D eigenvalue weighted by Gasteiger charge is -2.40. The molecule has 0 radical (unpaired) electrons. The number of para-hydroxylation sites is 1. The van der Waals surface area contributed by atoms with Crippen LogP contribution in [0.5, 0.6) is 5.75 Å². The molecule has 3 aromatic rings. The fraction of sp³-hybridized carbons (Fsp3) is 0.448. The van der Waals surface area contributed by atoms with E-state index in [0.29, 0.717) is 11.8 Å². The predicted octanol–water partition coefficient (Wildman–Crippen LogP) is 5.06. The number of amides is 1. The Morgan fingerprint density at radius 1 is 1.06 bits per heavy atom. The van der Waals surface area contributed by atoms with Gasteiger partial charge in [0.05, 0.1) is 11.8 Å². The summed E-state index contributed by atoms with van der Waals surface area (Å²) in [6.45, 7) is 6.07. The maximum atomic E-state index is 12.5. The average Bonchev–Trinajstić information content (AvgIpc) is 3.36. The zero-order valence-electron chi connectivity index (χ0n) is 21.1.